The largest absolute Gasteiger partial charge is 0.481 e. The summed E-state index contributed by atoms with van der Waals surface area (Å²) in [6.45, 7) is 0. The summed E-state index contributed by atoms with van der Waals surface area (Å²) in [5.41, 5.74) is 1.49. The minimum Gasteiger partial charge on any atom is -0.481 e. The number of nitrogens with zero attached hydrogens (tertiary/aromatic N) is 1. The van der Waals surface area contributed by atoms with Crippen LogP contribution in [0, 0.1) is 0 Å². The highest BCUT2D eigenvalue weighted by atomic mass is 35.5. The quantitative estimate of drug-likeness (QED) is 0.915. The highest BCUT2D eigenvalue weighted by Gasteiger charge is 2.07. The summed E-state index contributed by atoms with van der Waals surface area (Å²) in [7, 11) is 0. The topological polar surface area (TPSA) is 50.2 Å². The summed E-state index contributed by atoms with van der Waals surface area (Å²) in [6, 6.07) is 7.34. The van der Waals surface area contributed by atoms with Crippen LogP contribution >= 0.6 is 22.9 Å². The Hall–Kier alpha value is -1.39. The number of rotatable bonds is 3. The van der Waals surface area contributed by atoms with Gasteiger partial charge in [-0.2, -0.15) is 0 Å². The van der Waals surface area contributed by atoms with Crippen LogP contribution in [0.3, 0.4) is 0 Å². The minimum absolute atomic E-state index is 0.0446. The molecule has 0 bridgehead atoms. The number of carboxylic acids is 1. The van der Waals surface area contributed by atoms with Gasteiger partial charge < -0.3 is 5.11 Å². The van der Waals surface area contributed by atoms with Crippen LogP contribution in [-0.4, -0.2) is 16.1 Å². The average molecular weight is 254 g/mol. The SMILES string of the molecule is O=C(O)Cc1csc(-c2cccc(Cl)c2)n1. The molecule has 1 aromatic carbocycles. The molecular weight excluding hydrogens is 246 g/mol. The van der Waals surface area contributed by atoms with E-state index in [1.54, 1.807) is 11.4 Å². The van der Waals surface area contributed by atoms with E-state index in [0.29, 0.717) is 10.7 Å². The van der Waals surface area contributed by atoms with Crippen molar-refractivity contribution in [1.29, 1.82) is 0 Å². The number of hydrogen-bond acceptors (Lipinski definition) is 3. The zero-order chi connectivity index (χ0) is 11.5. The third-order valence-electron chi connectivity index (χ3n) is 1.96. The third-order valence-corrected chi connectivity index (χ3v) is 3.13. The zero-order valence-corrected chi connectivity index (χ0v) is 9.76. The number of thiazole rings is 1. The van der Waals surface area contributed by atoms with E-state index in [1.807, 2.05) is 18.2 Å². The first-order valence-electron chi connectivity index (χ1n) is 4.57. The lowest BCUT2D eigenvalue weighted by atomic mass is 10.2. The number of carboxylic acid groups (broad SMARTS) is 1. The van der Waals surface area contributed by atoms with E-state index in [9.17, 15) is 4.79 Å². The maximum atomic E-state index is 10.5. The third kappa shape index (κ3) is 2.59. The van der Waals surface area contributed by atoms with Crippen molar-refractivity contribution in [2.45, 2.75) is 6.42 Å². The molecule has 0 spiro atoms. The predicted molar refractivity (Wildman–Crippen MR) is 63.9 cm³/mol. The van der Waals surface area contributed by atoms with Crippen LogP contribution in [0.1, 0.15) is 5.69 Å². The van der Waals surface area contributed by atoms with E-state index >= 15 is 0 Å². The van der Waals surface area contributed by atoms with Crippen molar-refractivity contribution in [3.63, 3.8) is 0 Å². The second-order valence-electron chi connectivity index (χ2n) is 3.22. The van der Waals surface area contributed by atoms with Gasteiger partial charge in [0.05, 0.1) is 12.1 Å². The predicted octanol–water partition coefficient (Wildman–Crippen LogP) is 3.09. The summed E-state index contributed by atoms with van der Waals surface area (Å²) in [5.74, 6) is -0.872. The molecule has 1 aromatic heterocycles. The number of hydrogen-bond donors (Lipinski definition) is 1. The number of benzene rings is 1. The van der Waals surface area contributed by atoms with Crippen LogP contribution in [0.2, 0.25) is 5.02 Å². The van der Waals surface area contributed by atoms with Gasteiger partial charge in [0.2, 0.25) is 0 Å². The Labute approximate surface area is 101 Å². The lowest BCUT2D eigenvalue weighted by Gasteiger charge is -1.96. The first-order chi connectivity index (χ1) is 7.65. The first-order valence-corrected chi connectivity index (χ1v) is 5.83. The molecular formula is C11H8ClNO2S. The zero-order valence-electron chi connectivity index (χ0n) is 8.18. The summed E-state index contributed by atoms with van der Waals surface area (Å²) < 4.78 is 0. The molecule has 16 heavy (non-hydrogen) atoms. The van der Waals surface area contributed by atoms with Crippen LogP contribution in [-0.2, 0) is 11.2 Å². The molecule has 0 radical (unpaired) electrons. The maximum absolute atomic E-state index is 10.5. The molecule has 3 nitrogen and oxygen atoms in total. The molecule has 0 aliphatic carbocycles. The number of aliphatic carboxylic acids is 1. The molecule has 0 saturated carbocycles. The molecule has 2 rings (SSSR count). The Bertz CT molecular complexity index is 524. The van der Waals surface area contributed by atoms with Gasteiger partial charge in [-0.15, -0.1) is 11.3 Å². The normalized spacial score (nSPS) is 10.3. The Balaban J connectivity index is 2.28. The molecule has 0 atom stereocenters. The van der Waals surface area contributed by atoms with E-state index in [1.165, 1.54) is 11.3 Å². The average Bonchev–Trinajstić information content (AvgIpc) is 2.65. The Morgan fingerprint density at radius 3 is 3.00 bits per heavy atom. The van der Waals surface area contributed by atoms with E-state index in [4.69, 9.17) is 16.7 Å². The summed E-state index contributed by atoms with van der Waals surface area (Å²) >= 11 is 7.29. The Kier molecular flexibility index (Phi) is 3.22. The number of halogens is 1. The van der Waals surface area contributed by atoms with Crippen LogP contribution < -0.4 is 0 Å². The van der Waals surface area contributed by atoms with Gasteiger partial charge in [0.25, 0.3) is 0 Å². The Morgan fingerprint density at radius 2 is 2.31 bits per heavy atom. The maximum Gasteiger partial charge on any atom is 0.309 e. The first kappa shape index (κ1) is 11.1. The van der Waals surface area contributed by atoms with Gasteiger partial charge in [-0.25, -0.2) is 4.98 Å². The van der Waals surface area contributed by atoms with Gasteiger partial charge in [-0.3, -0.25) is 4.79 Å². The lowest BCUT2D eigenvalue weighted by Crippen LogP contribution is -1.99. The smallest absolute Gasteiger partial charge is 0.309 e. The monoisotopic (exact) mass is 253 g/mol. The molecule has 0 aliphatic heterocycles. The molecule has 0 fully saturated rings. The van der Waals surface area contributed by atoms with Gasteiger partial charge >= 0.3 is 5.97 Å². The van der Waals surface area contributed by atoms with Gasteiger partial charge in [-0.1, -0.05) is 23.7 Å². The molecule has 0 unspecified atom stereocenters. The number of aromatic nitrogens is 1. The fraction of sp³-hybridized carbons (Fsp3) is 0.0909. The highest BCUT2D eigenvalue weighted by Crippen LogP contribution is 2.26. The van der Waals surface area contributed by atoms with E-state index in [-0.39, 0.29) is 6.42 Å². The van der Waals surface area contributed by atoms with Gasteiger partial charge in [0.1, 0.15) is 5.01 Å². The summed E-state index contributed by atoms with van der Waals surface area (Å²) in [5, 5.41) is 11.8. The molecule has 1 heterocycles. The van der Waals surface area contributed by atoms with Crippen molar-refractivity contribution in [3.8, 4) is 10.6 Å². The molecule has 0 amide bonds. The number of carbonyl (C=O) groups is 1. The van der Waals surface area contributed by atoms with Crippen LogP contribution in [0.25, 0.3) is 10.6 Å². The van der Waals surface area contributed by atoms with Crippen molar-refractivity contribution in [2.75, 3.05) is 0 Å². The van der Waals surface area contributed by atoms with Crippen molar-refractivity contribution >= 4 is 28.9 Å². The molecule has 82 valence electrons. The lowest BCUT2D eigenvalue weighted by molar-refractivity contribution is -0.136. The van der Waals surface area contributed by atoms with Crippen molar-refractivity contribution in [3.05, 3.63) is 40.4 Å². The van der Waals surface area contributed by atoms with Crippen molar-refractivity contribution in [1.82, 2.24) is 4.98 Å². The molecule has 5 heteroatoms. The molecule has 2 aromatic rings. The van der Waals surface area contributed by atoms with Crippen LogP contribution in [0.5, 0.6) is 0 Å². The minimum atomic E-state index is -0.872. The van der Waals surface area contributed by atoms with Crippen molar-refractivity contribution < 1.29 is 9.90 Å². The van der Waals surface area contributed by atoms with Gasteiger partial charge in [0.15, 0.2) is 0 Å². The van der Waals surface area contributed by atoms with E-state index in [0.717, 1.165) is 10.6 Å². The standard InChI is InChI=1S/C11H8ClNO2S/c12-8-3-1-2-7(4-8)11-13-9(6-16-11)5-10(14)15/h1-4,6H,5H2,(H,14,15). The highest BCUT2D eigenvalue weighted by molar-refractivity contribution is 7.13. The van der Waals surface area contributed by atoms with E-state index < -0.39 is 5.97 Å². The molecule has 0 aliphatic rings. The van der Waals surface area contributed by atoms with Crippen molar-refractivity contribution in [2.24, 2.45) is 0 Å². The van der Waals surface area contributed by atoms with Gasteiger partial charge in [-0.05, 0) is 12.1 Å². The molecule has 1 N–H and O–H groups in total. The molecule has 0 saturated heterocycles. The van der Waals surface area contributed by atoms with Crippen LogP contribution in [0.15, 0.2) is 29.6 Å². The van der Waals surface area contributed by atoms with E-state index in [2.05, 4.69) is 4.98 Å². The summed E-state index contributed by atoms with van der Waals surface area (Å²) in [4.78, 5) is 14.8. The second-order valence-corrected chi connectivity index (χ2v) is 4.52. The second kappa shape index (κ2) is 4.63. The Morgan fingerprint density at radius 1 is 1.50 bits per heavy atom. The fourth-order valence-electron chi connectivity index (χ4n) is 1.30. The van der Waals surface area contributed by atoms with Gasteiger partial charge in [0, 0.05) is 16.0 Å². The fourth-order valence-corrected chi connectivity index (χ4v) is 2.30. The van der Waals surface area contributed by atoms with Crippen LogP contribution in [0.4, 0.5) is 0 Å². The summed E-state index contributed by atoms with van der Waals surface area (Å²) in [6.07, 6.45) is -0.0446.